The number of hydrogen-bond donors (Lipinski definition) is 2. The molecule has 0 aliphatic carbocycles. The number of carboxylic acid groups (broad SMARTS) is 1. The van der Waals surface area contributed by atoms with E-state index in [2.05, 4.69) is 12.2 Å². The zero-order chi connectivity index (χ0) is 18.7. The molecule has 0 bridgehead atoms. The van der Waals surface area contributed by atoms with Crippen molar-refractivity contribution in [3.63, 3.8) is 0 Å². The summed E-state index contributed by atoms with van der Waals surface area (Å²) < 4.78 is 5.34. The zero-order valence-corrected chi connectivity index (χ0v) is 14.6. The lowest BCUT2D eigenvalue weighted by atomic mass is 10.1. The molecule has 0 saturated heterocycles. The molecule has 0 atom stereocenters. The van der Waals surface area contributed by atoms with E-state index in [-0.39, 0.29) is 11.7 Å². The Kier molecular flexibility index (Phi) is 4.89. The van der Waals surface area contributed by atoms with Gasteiger partial charge >= 0.3 is 5.97 Å². The largest absolute Gasteiger partial charge is 0.475 e. The zero-order valence-electron chi connectivity index (χ0n) is 14.6. The maximum atomic E-state index is 12.4. The van der Waals surface area contributed by atoms with Gasteiger partial charge in [0.1, 0.15) is 5.76 Å². The van der Waals surface area contributed by atoms with Crippen LogP contribution in [0.5, 0.6) is 0 Å². The van der Waals surface area contributed by atoms with Gasteiger partial charge in [0.2, 0.25) is 5.76 Å². The van der Waals surface area contributed by atoms with Crippen LogP contribution in [0.2, 0.25) is 0 Å². The van der Waals surface area contributed by atoms with E-state index in [0.29, 0.717) is 17.0 Å². The standard InChI is InChI=1S/C21H19NO4/c1-3-14-4-6-15(7-5-14)20(23)22-16-8-9-17(13(2)12-16)18-10-11-19(26-18)21(24)25/h4-12H,3H2,1-2H3,(H,22,23)(H,24,25). The molecule has 1 aromatic heterocycles. The predicted molar refractivity (Wildman–Crippen MR) is 99.6 cm³/mol. The summed E-state index contributed by atoms with van der Waals surface area (Å²) in [7, 11) is 0. The summed E-state index contributed by atoms with van der Waals surface area (Å²) in [6.07, 6.45) is 0.929. The topological polar surface area (TPSA) is 79.5 Å². The minimum absolute atomic E-state index is 0.104. The molecule has 1 heterocycles. The number of furan rings is 1. The van der Waals surface area contributed by atoms with Gasteiger partial charge in [-0.15, -0.1) is 0 Å². The normalized spacial score (nSPS) is 10.5. The molecule has 0 fully saturated rings. The highest BCUT2D eigenvalue weighted by Crippen LogP contribution is 2.28. The second kappa shape index (κ2) is 7.27. The molecule has 0 unspecified atom stereocenters. The fourth-order valence-corrected chi connectivity index (χ4v) is 2.71. The van der Waals surface area contributed by atoms with Crippen molar-refractivity contribution >= 4 is 17.6 Å². The summed E-state index contributed by atoms with van der Waals surface area (Å²) in [5.74, 6) is -0.905. The number of rotatable bonds is 5. The van der Waals surface area contributed by atoms with Crippen LogP contribution in [0, 0.1) is 6.92 Å². The fourth-order valence-electron chi connectivity index (χ4n) is 2.71. The van der Waals surface area contributed by atoms with Gasteiger partial charge < -0.3 is 14.8 Å². The van der Waals surface area contributed by atoms with Crippen molar-refractivity contribution in [3.05, 3.63) is 77.0 Å². The van der Waals surface area contributed by atoms with Gasteiger partial charge in [-0.1, -0.05) is 19.1 Å². The Morgan fingerprint density at radius 3 is 2.35 bits per heavy atom. The fraction of sp³-hybridized carbons (Fsp3) is 0.143. The quantitative estimate of drug-likeness (QED) is 0.695. The molecule has 132 valence electrons. The number of carboxylic acids is 1. The van der Waals surface area contributed by atoms with Gasteiger partial charge in [-0.3, -0.25) is 4.79 Å². The smallest absolute Gasteiger partial charge is 0.371 e. The number of carbonyl (C=O) groups excluding carboxylic acids is 1. The number of carbonyl (C=O) groups is 2. The summed E-state index contributed by atoms with van der Waals surface area (Å²) in [5, 5.41) is 11.8. The molecule has 3 aromatic rings. The molecule has 0 spiro atoms. The van der Waals surface area contributed by atoms with Gasteiger partial charge in [0.25, 0.3) is 5.91 Å². The number of aromatic carboxylic acids is 1. The van der Waals surface area contributed by atoms with Crippen LogP contribution in [-0.2, 0) is 6.42 Å². The van der Waals surface area contributed by atoms with Gasteiger partial charge in [-0.25, -0.2) is 4.79 Å². The predicted octanol–water partition coefficient (Wildman–Crippen LogP) is 4.77. The molecule has 0 aliphatic rings. The van der Waals surface area contributed by atoms with Crippen molar-refractivity contribution in [1.29, 1.82) is 0 Å². The van der Waals surface area contributed by atoms with Crippen LogP contribution in [0.3, 0.4) is 0 Å². The van der Waals surface area contributed by atoms with Gasteiger partial charge in [0.15, 0.2) is 0 Å². The first-order valence-electron chi connectivity index (χ1n) is 8.32. The van der Waals surface area contributed by atoms with Crippen molar-refractivity contribution in [1.82, 2.24) is 0 Å². The molecule has 2 aromatic carbocycles. The Balaban J connectivity index is 1.78. The summed E-state index contributed by atoms with van der Waals surface area (Å²) in [4.78, 5) is 23.3. The van der Waals surface area contributed by atoms with Crippen LogP contribution in [0.1, 0.15) is 39.0 Å². The Bertz CT molecular complexity index is 954. The molecule has 26 heavy (non-hydrogen) atoms. The van der Waals surface area contributed by atoms with E-state index in [9.17, 15) is 9.59 Å². The maximum Gasteiger partial charge on any atom is 0.371 e. The van der Waals surface area contributed by atoms with Crippen molar-refractivity contribution in [2.45, 2.75) is 20.3 Å². The van der Waals surface area contributed by atoms with Crippen molar-refractivity contribution in [3.8, 4) is 11.3 Å². The van der Waals surface area contributed by atoms with Gasteiger partial charge in [0, 0.05) is 16.8 Å². The molecule has 0 aliphatic heterocycles. The lowest BCUT2D eigenvalue weighted by molar-refractivity contribution is 0.0663. The Hall–Kier alpha value is -3.34. The highest BCUT2D eigenvalue weighted by Gasteiger charge is 2.13. The minimum Gasteiger partial charge on any atom is -0.475 e. The van der Waals surface area contributed by atoms with E-state index in [1.807, 2.05) is 37.3 Å². The third-order valence-electron chi connectivity index (χ3n) is 4.19. The van der Waals surface area contributed by atoms with Crippen LogP contribution in [0.15, 0.2) is 59.0 Å². The lowest BCUT2D eigenvalue weighted by Crippen LogP contribution is -2.12. The number of amides is 1. The Morgan fingerprint density at radius 1 is 1.04 bits per heavy atom. The van der Waals surface area contributed by atoms with Gasteiger partial charge in [-0.05, 0) is 66.9 Å². The number of anilines is 1. The van der Waals surface area contributed by atoms with Crippen LogP contribution in [-0.4, -0.2) is 17.0 Å². The first-order chi connectivity index (χ1) is 12.5. The number of nitrogens with one attached hydrogen (secondary N) is 1. The van der Waals surface area contributed by atoms with E-state index in [4.69, 9.17) is 9.52 Å². The molecule has 5 nitrogen and oxygen atoms in total. The summed E-state index contributed by atoms with van der Waals surface area (Å²) in [6, 6.07) is 16.0. The first kappa shape index (κ1) is 17.5. The molecular weight excluding hydrogens is 330 g/mol. The summed E-state index contributed by atoms with van der Waals surface area (Å²) >= 11 is 0. The second-order valence-corrected chi connectivity index (χ2v) is 6.00. The highest BCUT2D eigenvalue weighted by atomic mass is 16.4. The minimum atomic E-state index is -1.10. The van der Waals surface area contributed by atoms with Crippen molar-refractivity contribution < 1.29 is 19.1 Å². The number of hydrogen-bond acceptors (Lipinski definition) is 3. The van der Waals surface area contributed by atoms with Crippen LogP contribution < -0.4 is 5.32 Å². The average molecular weight is 349 g/mol. The third-order valence-corrected chi connectivity index (χ3v) is 4.19. The molecule has 0 saturated carbocycles. The van der Waals surface area contributed by atoms with Crippen molar-refractivity contribution in [2.75, 3.05) is 5.32 Å². The van der Waals surface area contributed by atoms with Crippen LogP contribution in [0.25, 0.3) is 11.3 Å². The van der Waals surface area contributed by atoms with E-state index < -0.39 is 5.97 Å². The van der Waals surface area contributed by atoms with E-state index in [1.54, 1.807) is 18.2 Å². The highest BCUT2D eigenvalue weighted by molar-refractivity contribution is 6.04. The summed E-state index contributed by atoms with van der Waals surface area (Å²) in [5.41, 5.74) is 4.10. The molecule has 2 N–H and O–H groups in total. The molecule has 5 heteroatoms. The Labute approximate surface area is 151 Å². The van der Waals surface area contributed by atoms with E-state index in [1.165, 1.54) is 11.6 Å². The van der Waals surface area contributed by atoms with Crippen molar-refractivity contribution in [2.24, 2.45) is 0 Å². The van der Waals surface area contributed by atoms with Gasteiger partial charge in [-0.2, -0.15) is 0 Å². The first-order valence-corrected chi connectivity index (χ1v) is 8.32. The SMILES string of the molecule is CCc1ccc(C(=O)Nc2ccc(-c3ccc(C(=O)O)o3)c(C)c2)cc1. The monoisotopic (exact) mass is 349 g/mol. The number of benzene rings is 2. The second-order valence-electron chi connectivity index (χ2n) is 6.00. The van der Waals surface area contributed by atoms with Gasteiger partial charge in [0.05, 0.1) is 0 Å². The number of aryl methyl sites for hydroxylation is 2. The third kappa shape index (κ3) is 3.67. The molecule has 0 radical (unpaired) electrons. The lowest BCUT2D eigenvalue weighted by Gasteiger charge is -2.09. The summed E-state index contributed by atoms with van der Waals surface area (Å²) in [6.45, 7) is 3.95. The molecule has 3 rings (SSSR count). The maximum absolute atomic E-state index is 12.4. The molecular formula is C21H19NO4. The average Bonchev–Trinajstić information content (AvgIpc) is 3.12. The van der Waals surface area contributed by atoms with Crippen LogP contribution >= 0.6 is 0 Å². The molecule has 1 amide bonds. The van der Waals surface area contributed by atoms with E-state index in [0.717, 1.165) is 17.5 Å². The van der Waals surface area contributed by atoms with Crippen LogP contribution in [0.4, 0.5) is 5.69 Å². The Morgan fingerprint density at radius 2 is 1.77 bits per heavy atom. The van der Waals surface area contributed by atoms with E-state index >= 15 is 0 Å².